The third-order valence-corrected chi connectivity index (χ3v) is 5.45. The number of aliphatic hydroxyl groups excluding tert-OH is 2. The summed E-state index contributed by atoms with van der Waals surface area (Å²) >= 11 is 0. The van der Waals surface area contributed by atoms with Gasteiger partial charge in [0.25, 0.3) is 0 Å². The van der Waals surface area contributed by atoms with Gasteiger partial charge in [0.1, 0.15) is 5.75 Å². The first kappa shape index (κ1) is 14.9. The van der Waals surface area contributed by atoms with Crippen molar-refractivity contribution in [3.63, 3.8) is 0 Å². The van der Waals surface area contributed by atoms with Gasteiger partial charge in [-0.25, -0.2) is 0 Å². The third kappa shape index (κ3) is 2.40. The van der Waals surface area contributed by atoms with Crippen molar-refractivity contribution >= 4 is 10.9 Å². The molecule has 0 radical (unpaired) electrons. The number of piperidine rings is 3. The predicted octanol–water partition coefficient (Wildman–Crippen LogP) is 1.73. The molecule has 2 N–H and O–H groups in total. The van der Waals surface area contributed by atoms with E-state index in [0.717, 1.165) is 48.1 Å². The first-order valence-corrected chi connectivity index (χ1v) is 8.22. The minimum atomic E-state index is -0.731. The molecule has 3 aliphatic heterocycles. The number of aromatic nitrogens is 1. The summed E-state index contributed by atoms with van der Waals surface area (Å²) in [5.74, 6) is 1.05. The molecular weight excluding hydrogens is 292 g/mol. The molecule has 0 aliphatic carbocycles. The van der Waals surface area contributed by atoms with Gasteiger partial charge in [-0.3, -0.25) is 9.88 Å². The van der Waals surface area contributed by atoms with Gasteiger partial charge in [0.15, 0.2) is 0 Å². The lowest BCUT2D eigenvalue weighted by Gasteiger charge is -2.50. The molecule has 122 valence electrons. The van der Waals surface area contributed by atoms with Crippen LogP contribution in [-0.2, 0) is 0 Å². The number of hydrogen-bond acceptors (Lipinski definition) is 5. The Kier molecular flexibility index (Phi) is 3.71. The highest BCUT2D eigenvalue weighted by Crippen LogP contribution is 2.39. The van der Waals surface area contributed by atoms with Crippen LogP contribution in [0.3, 0.4) is 0 Å². The van der Waals surface area contributed by atoms with E-state index in [2.05, 4.69) is 9.88 Å². The molecule has 0 amide bonds. The van der Waals surface area contributed by atoms with Gasteiger partial charge in [0.05, 0.1) is 30.9 Å². The summed E-state index contributed by atoms with van der Waals surface area (Å²) in [5, 5.41) is 22.5. The molecule has 5 rings (SSSR count). The summed E-state index contributed by atoms with van der Waals surface area (Å²) in [6.45, 7) is 1.91. The van der Waals surface area contributed by atoms with Gasteiger partial charge in [0.2, 0.25) is 0 Å². The maximum Gasteiger partial charge on any atom is 0.119 e. The van der Waals surface area contributed by atoms with Crippen LogP contribution in [0.4, 0.5) is 0 Å². The molecule has 3 aliphatic rings. The molecule has 3 saturated heterocycles. The van der Waals surface area contributed by atoms with Crippen LogP contribution in [0.1, 0.15) is 24.5 Å². The molecule has 4 heterocycles. The van der Waals surface area contributed by atoms with Gasteiger partial charge in [-0.2, -0.15) is 0 Å². The highest BCUT2D eigenvalue weighted by atomic mass is 16.5. The van der Waals surface area contributed by atoms with Crippen molar-refractivity contribution in [3.05, 3.63) is 36.0 Å². The molecule has 2 bridgehead atoms. The lowest BCUT2D eigenvalue weighted by molar-refractivity contribution is -0.115. The van der Waals surface area contributed by atoms with Crippen LogP contribution in [0.2, 0.25) is 0 Å². The van der Waals surface area contributed by atoms with Gasteiger partial charge in [-0.15, -0.1) is 0 Å². The summed E-state index contributed by atoms with van der Waals surface area (Å²) in [4.78, 5) is 6.59. The van der Waals surface area contributed by atoms with Crippen LogP contribution < -0.4 is 4.74 Å². The number of aliphatic hydroxyl groups is 2. The van der Waals surface area contributed by atoms with Gasteiger partial charge in [0, 0.05) is 11.6 Å². The standard InChI is InChI=1S/C18H22N2O3/c1-23-12-2-3-15-14(10-12)13(4-7-19-15)18(22)16-17(21)11-5-8-20(16)9-6-11/h2-4,7,10-11,16-18,21-22H,5-6,8-9H2,1H3. The molecule has 23 heavy (non-hydrogen) atoms. The van der Waals surface area contributed by atoms with Gasteiger partial charge in [-0.1, -0.05) is 0 Å². The molecule has 1 aromatic heterocycles. The van der Waals surface area contributed by atoms with Crippen LogP contribution in [0, 0.1) is 5.92 Å². The zero-order valence-corrected chi connectivity index (χ0v) is 13.2. The average molecular weight is 314 g/mol. The number of ether oxygens (including phenoxy) is 1. The topological polar surface area (TPSA) is 65.8 Å². The van der Waals surface area contributed by atoms with Crippen LogP contribution >= 0.6 is 0 Å². The lowest BCUT2D eigenvalue weighted by Crippen LogP contribution is -2.59. The number of methoxy groups -OCH3 is 1. The molecule has 0 spiro atoms. The second kappa shape index (κ2) is 5.74. The van der Waals surface area contributed by atoms with E-state index in [4.69, 9.17) is 4.74 Å². The Labute approximate surface area is 135 Å². The van der Waals surface area contributed by atoms with Crippen molar-refractivity contribution in [1.82, 2.24) is 9.88 Å². The molecule has 3 fully saturated rings. The third-order valence-electron chi connectivity index (χ3n) is 5.45. The molecule has 0 saturated carbocycles. The van der Waals surface area contributed by atoms with Crippen molar-refractivity contribution in [3.8, 4) is 5.75 Å². The Balaban J connectivity index is 1.76. The fourth-order valence-electron chi connectivity index (χ4n) is 4.16. The second-order valence-corrected chi connectivity index (χ2v) is 6.58. The summed E-state index contributed by atoms with van der Waals surface area (Å²) in [5.41, 5.74) is 1.64. The van der Waals surface area contributed by atoms with E-state index in [9.17, 15) is 10.2 Å². The fraction of sp³-hybridized carbons (Fsp3) is 0.500. The molecule has 1 aromatic carbocycles. The molecular formula is C18H22N2O3. The molecule has 2 aromatic rings. The van der Waals surface area contributed by atoms with E-state index >= 15 is 0 Å². The fourth-order valence-corrected chi connectivity index (χ4v) is 4.16. The van der Waals surface area contributed by atoms with E-state index < -0.39 is 12.2 Å². The van der Waals surface area contributed by atoms with Gasteiger partial charge in [-0.05, 0) is 61.7 Å². The minimum absolute atomic E-state index is 0.237. The Morgan fingerprint density at radius 1 is 1.26 bits per heavy atom. The quantitative estimate of drug-likeness (QED) is 0.903. The zero-order valence-electron chi connectivity index (χ0n) is 13.2. The molecule has 5 nitrogen and oxygen atoms in total. The van der Waals surface area contributed by atoms with Crippen molar-refractivity contribution in [2.45, 2.75) is 31.1 Å². The first-order valence-electron chi connectivity index (χ1n) is 8.22. The number of rotatable bonds is 3. The van der Waals surface area contributed by atoms with Crippen molar-refractivity contribution in [1.29, 1.82) is 0 Å². The number of nitrogens with zero attached hydrogens (tertiary/aromatic N) is 2. The summed E-state index contributed by atoms with van der Waals surface area (Å²) in [7, 11) is 1.63. The Hall–Kier alpha value is -1.69. The summed E-state index contributed by atoms with van der Waals surface area (Å²) in [6, 6.07) is 7.28. The van der Waals surface area contributed by atoms with Crippen molar-refractivity contribution < 1.29 is 14.9 Å². The molecule has 5 heteroatoms. The number of benzene rings is 1. The highest BCUT2D eigenvalue weighted by Gasteiger charge is 2.45. The number of pyridine rings is 1. The Morgan fingerprint density at radius 2 is 2.04 bits per heavy atom. The van der Waals surface area contributed by atoms with E-state index in [1.54, 1.807) is 13.3 Å². The maximum absolute atomic E-state index is 11.0. The van der Waals surface area contributed by atoms with Crippen LogP contribution in [0.25, 0.3) is 10.9 Å². The molecule has 3 unspecified atom stereocenters. The monoisotopic (exact) mass is 314 g/mol. The lowest BCUT2D eigenvalue weighted by atomic mass is 9.77. The van der Waals surface area contributed by atoms with E-state index in [-0.39, 0.29) is 6.04 Å². The molecule has 3 atom stereocenters. The summed E-state index contributed by atoms with van der Waals surface area (Å²) in [6.07, 6.45) is 2.56. The predicted molar refractivity (Wildman–Crippen MR) is 87.3 cm³/mol. The van der Waals surface area contributed by atoms with Crippen LogP contribution in [0.5, 0.6) is 5.75 Å². The van der Waals surface area contributed by atoms with Crippen molar-refractivity contribution in [2.75, 3.05) is 20.2 Å². The van der Waals surface area contributed by atoms with Crippen LogP contribution in [0.15, 0.2) is 30.5 Å². The normalized spacial score (nSPS) is 31.3. The number of hydrogen-bond donors (Lipinski definition) is 2. The van der Waals surface area contributed by atoms with E-state index in [1.165, 1.54) is 0 Å². The van der Waals surface area contributed by atoms with Crippen LogP contribution in [-0.4, -0.2) is 52.4 Å². The maximum atomic E-state index is 11.0. The SMILES string of the molecule is COc1ccc2nccc(C(O)C3C(O)C4CCN3CC4)c2c1. The van der Waals surface area contributed by atoms with Crippen molar-refractivity contribution in [2.24, 2.45) is 5.92 Å². The van der Waals surface area contributed by atoms with Gasteiger partial charge >= 0.3 is 0 Å². The Bertz CT molecular complexity index is 710. The largest absolute Gasteiger partial charge is 0.497 e. The van der Waals surface area contributed by atoms with E-state index in [0.29, 0.717) is 5.92 Å². The second-order valence-electron chi connectivity index (χ2n) is 6.58. The zero-order chi connectivity index (χ0) is 16.0. The first-order chi connectivity index (χ1) is 11.2. The van der Waals surface area contributed by atoms with Gasteiger partial charge < -0.3 is 14.9 Å². The smallest absolute Gasteiger partial charge is 0.119 e. The summed E-state index contributed by atoms with van der Waals surface area (Å²) < 4.78 is 5.30. The minimum Gasteiger partial charge on any atom is -0.497 e. The Morgan fingerprint density at radius 3 is 2.74 bits per heavy atom. The highest BCUT2D eigenvalue weighted by molar-refractivity contribution is 5.84. The van der Waals surface area contributed by atoms with E-state index in [1.807, 2.05) is 24.3 Å². The average Bonchev–Trinajstić information content (AvgIpc) is 2.61. The number of fused-ring (bicyclic) bond motifs is 4.